The lowest BCUT2D eigenvalue weighted by molar-refractivity contribution is -0.153. The summed E-state index contributed by atoms with van der Waals surface area (Å²) in [6.45, 7) is 0.292. The molecule has 0 amide bonds. The second-order valence-corrected chi connectivity index (χ2v) is 6.62. The number of hydrogen-bond acceptors (Lipinski definition) is 6. The summed E-state index contributed by atoms with van der Waals surface area (Å²) in [7, 11) is 1.34. The Morgan fingerprint density at radius 2 is 2.04 bits per heavy atom. The smallest absolute Gasteiger partial charge is 0.324 e. The van der Waals surface area contributed by atoms with Gasteiger partial charge in [-0.2, -0.15) is 0 Å². The summed E-state index contributed by atoms with van der Waals surface area (Å²) < 4.78 is 10.2. The number of esters is 2. The summed E-state index contributed by atoms with van der Waals surface area (Å²) in [6.07, 6.45) is 2.55. The molecule has 0 spiro atoms. The van der Waals surface area contributed by atoms with Gasteiger partial charge in [0.25, 0.3) is 0 Å². The van der Waals surface area contributed by atoms with Crippen LogP contribution in [-0.4, -0.2) is 37.2 Å². The largest absolute Gasteiger partial charge is 0.468 e. The Bertz CT molecular complexity index is 578. The van der Waals surface area contributed by atoms with Gasteiger partial charge in [0.2, 0.25) is 0 Å². The molecular weight excluding hydrogens is 308 g/mol. The molecule has 24 heavy (non-hydrogen) atoms. The van der Waals surface area contributed by atoms with E-state index in [9.17, 15) is 9.59 Å². The SMILES string of the molecule is COC(=O)[C@@H](N)C1CC2CCC(N1)C2C(=O)OCc1ccccc1. The maximum absolute atomic E-state index is 12.5. The van der Waals surface area contributed by atoms with Crippen molar-refractivity contribution in [2.75, 3.05) is 7.11 Å². The summed E-state index contributed by atoms with van der Waals surface area (Å²) in [5.41, 5.74) is 6.94. The van der Waals surface area contributed by atoms with Crippen molar-refractivity contribution in [2.45, 2.75) is 44.0 Å². The van der Waals surface area contributed by atoms with Gasteiger partial charge in [0.05, 0.1) is 13.0 Å². The quantitative estimate of drug-likeness (QED) is 0.782. The van der Waals surface area contributed by atoms with Crippen LogP contribution < -0.4 is 11.1 Å². The topological polar surface area (TPSA) is 90.6 Å². The van der Waals surface area contributed by atoms with E-state index < -0.39 is 12.0 Å². The third kappa shape index (κ3) is 3.44. The standard InChI is InChI=1S/C18H24N2O4/c1-23-18(22)16(19)14-9-12-7-8-13(20-14)15(12)17(21)24-10-11-5-3-2-4-6-11/h2-6,12-16,20H,7-10,19H2,1H3/t12?,13?,14?,15?,16-/m0/s1. The number of nitrogens with one attached hydrogen (secondary N) is 1. The molecule has 2 fully saturated rings. The van der Waals surface area contributed by atoms with E-state index in [0.717, 1.165) is 18.4 Å². The summed E-state index contributed by atoms with van der Waals surface area (Å²) in [6, 6.07) is 8.84. The summed E-state index contributed by atoms with van der Waals surface area (Å²) in [5.74, 6) is -0.531. The number of methoxy groups -OCH3 is 1. The van der Waals surface area contributed by atoms with Gasteiger partial charge in [0.1, 0.15) is 12.6 Å². The predicted molar refractivity (Wildman–Crippen MR) is 87.8 cm³/mol. The van der Waals surface area contributed by atoms with E-state index in [1.54, 1.807) is 0 Å². The normalized spacial score (nSPS) is 29.8. The first-order chi connectivity index (χ1) is 11.6. The second-order valence-electron chi connectivity index (χ2n) is 6.62. The molecule has 1 saturated carbocycles. The minimum Gasteiger partial charge on any atom is -0.468 e. The highest BCUT2D eigenvalue weighted by atomic mass is 16.5. The van der Waals surface area contributed by atoms with E-state index in [-0.39, 0.29) is 29.9 Å². The first-order valence-corrected chi connectivity index (χ1v) is 8.40. The zero-order valence-corrected chi connectivity index (χ0v) is 13.8. The molecule has 1 aliphatic carbocycles. The van der Waals surface area contributed by atoms with Crippen LogP contribution in [0.4, 0.5) is 0 Å². The maximum atomic E-state index is 12.5. The van der Waals surface area contributed by atoms with E-state index in [0.29, 0.717) is 13.0 Å². The monoisotopic (exact) mass is 332 g/mol. The fraction of sp³-hybridized carbons (Fsp3) is 0.556. The Morgan fingerprint density at radius 3 is 2.71 bits per heavy atom. The Kier molecular flexibility index (Phi) is 5.16. The van der Waals surface area contributed by atoms with Crippen molar-refractivity contribution < 1.29 is 19.1 Å². The fourth-order valence-corrected chi connectivity index (χ4v) is 3.93. The maximum Gasteiger partial charge on any atom is 0.324 e. The van der Waals surface area contributed by atoms with Crippen LogP contribution in [0, 0.1) is 11.8 Å². The number of nitrogens with two attached hydrogens (primary N) is 1. The van der Waals surface area contributed by atoms with Crippen LogP contribution in [-0.2, 0) is 25.7 Å². The lowest BCUT2D eigenvalue weighted by atomic mass is 9.82. The van der Waals surface area contributed by atoms with Crippen LogP contribution in [0.15, 0.2) is 30.3 Å². The van der Waals surface area contributed by atoms with Crippen LogP contribution in [0.25, 0.3) is 0 Å². The second kappa shape index (κ2) is 7.32. The highest BCUT2D eigenvalue weighted by Gasteiger charge is 2.49. The van der Waals surface area contributed by atoms with Crippen LogP contribution in [0.3, 0.4) is 0 Å². The van der Waals surface area contributed by atoms with Crippen molar-refractivity contribution >= 4 is 11.9 Å². The molecule has 4 unspecified atom stereocenters. The molecule has 3 N–H and O–H groups in total. The average molecular weight is 332 g/mol. The molecule has 2 aliphatic rings. The number of piperidine rings is 1. The molecule has 0 aromatic heterocycles. The third-order valence-corrected chi connectivity index (χ3v) is 5.18. The van der Waals surface area contributed by atoms with Gasteiger partial charge in [-0.05, 0) is 30.7 Å². The molecule has 1 aromatic carbocycles. The first-order valence-electron chi connectivity index (χ1n) is 8.40. The minimum atomic E-state index is -0.695. The molecule has 6 nitrogen and oxygen atoms in total. The lowest BCUT2D eigenvalue weighted by Crippen LogP contribution is -2.58. The highest BCUT2D eigenvalue weighted by molar-refractivity contribution is 5.77. The Hall–Kier alpha value is -1.92. The van der Waals surface area contributed by atoms with Gasteiger partial charge in [-0.15, -0.1) is 0 Å². The fourth-order valence-electron chi connectivity index (χ4n) is 3.93. The number of rotatable bonds is 5. The van der Waals surface area contributed by atoms with Crippen molar-refractivity contribution in [3.63, 3.8) is 0 Å². The Labute approximate surface area is 141 Å². The zero-order valence-electron chi connectivity index (χ0n) is 13.8. The van der Waals surface area contributed by atoms with Crippen LogP contribution in [0.2, 0.25) is 0 Å². The predicted octanol–water partition coefficient (Wildman–Crippen LogP) is 0.987. The number of hydrogen-bond donors (Lipinski definition) is 2. The van der Waals surface area contributed by atoms with Crippen molar-refractivity contribution in [2.24, 2.45) is 17.6 Å². The highest BCUT2D eigenvalue weighted by Crippen LogP contribution is 2.40. The van der Waals surface area contributed by atoms with Gasteiger partial charge < -0.3 is 20.5 Å². The van der Waals surface area contributed by atoms with E-state index in [4.69, 9.17) is 15.2 Å². The molecule has 0 radical (unpaired) electrons. The summed E-state index contributed by atoms with van der Waals surface area (Å²) in [4.78, 5) is 24.2. The molecule has 1 heterocycles. The molecule has 2 bridgehead atoms. The van der Waals surface area contributed by atoms with Gasteiger partial charge in [0.15, 0.2) is 0 Å². The van der Waals surface area contributed by atoms with Crippen molar-refractivity contribution in [1.82, 2.24) is 5.32 Å². The van der Waals surface area contributed by atoms with Gasteiger partial charge in [-0.1, -0.05) is 30.3 Å². The zero-order chi connectivity index (χ0) is 17.1. The van der Waals surface area contributed by atoms with Crippen molar-refractivity contribution in [3.05, 3.63) is 35.9 Å². The molecule has 3 rings (SSSR count). The summed E-state index contributed by atoms with van der Waals surface area (Å²) >= 11 is 0. The van der Waals surface area contributed by atoms with Gasteiger partial charge in [-0.3, -0.25) is 9.59 Å². The Balaban J connectivity index is 1.58. The van der Waals surface area contributed by atoms with Crippen LogP contribution >= 0.6 is 0 Å². The van der Waals surface area contributed by atoms with Gasteiger partial charge in [0, 0.05) is 12.1 Å². The number of fused-ring (bicyclic) bond motifs is 2. The van der Waals surface area contributed by atoms with E-state index >= 15 is 0 Å². The number of carbonyl (C=O) groups excluding carboxylic acids is 2. The molecule has 6 heteroatoms. The molecule has 1 aromatic rings. The van der Waals surface area contributed by atoms with Crippen molar-refractivity contribution in [3.8, 4) is 0 Å². The van der Waals surface area contributed by atoms with E-state index in [2.05, 4.69) is 5.32 Å². The average Bonchev–Trinajstić information content (AvgIpc) is 2.89. The van der Waals surface area contributed by atoms with E-state index in [1.807, 2.05) is 30.3 Å². The van der Waals surface area contributed by atoms with Crippen LogP contribution in [0.1, 0.15) is 24.8 Å². The van der Waals surface area contributed by atoms with Crippen molar-refractivity contribution in [1.29, 1.82) is 0 Å². The first kappa shape index (κ1) is 16.9. The van der Waals surface area contributed by atoms with Gasteiger partial charge in [-0.25, -0.2) is 0 Å². The molecule has 5 atom stereocenters. The van der Waals surface area contributed by atoms with Gasteiger partial charge >= 0.3 is 11.9 Å². The molecule has 1 saturated heterocycles. The molecular formula is C18H24N2O4. The van der Waals surface area contributed by atoms with E-state index in [1.165, 1.54) is 7.11 Å². The summed E-state index contributed by atoms with van der Waals surface area (Å²) in [5, 5.41) is 3.36. The lowest BCUT2D eigenvalue weighted by Gasteiger charge is -2.37. The number of ether oxygens (including phenoxy) is 2. The minimum absolute atomic E-state index is 0.0210. The number of carbonyl (C=O) groups is 2. The van der Waals surface area contributed by atoms with Crippen LogP contribution in [0.5, 0.6) is 0 Å². The molecule has 130 valence electrons. The molecule has 1 aliphatic heterocycles. The third-order valence-electron chi connectivity index (χ3n) is 5.18. The Morgan fingerprint density at radius 1 is 1.29 bits per heavy atom. The number of benzene rings is 1.